The predicted octanol–water partition coefficient (Wildman–Crippen LogP) is 3.68. The van der Waals surface area contributed by atoms with Gasteiger partial charge in [-0.15, -0.1) is 0 Å². The van der Waals surface area contributed by atoms with Gasteiger partial charge in [0.2, 0.25) is 21.8 Å². The Labute approximate surface area is 205 Å². The van der Waals surface area contributed by atoms with E-state index >= 15 is 0 Å². The van der Waals surface area contributed by atoms with Gasteiger partial charge in [0.1, 0.15) is 11.9 Å². The lowest BCUT2D eigenvalue weighted by Crippen LogP contribution is -2.52. The molecule has 0 aromatic heterocycles. The highest BCUT2D eigenvalue weighted by atomic mass is 35.5. The molecule has 2 aromatic rings. The molecule has 0 aliphatic rings. The molecule has 0 aliphatic heterocycles. The molecule has 0 saturated carbocycles. The second kappa shape index (κ2) is 12.3. The van der Waals surface area contributed by atoms with Crippen LogP contribution in [0.4, 0.5) is 4.39 Å². The van der Waals surface area contributed by atoms with E-state index < -0.39 is 34.3 Å². The molecule has 1 N–H and O–H groups in total. The van der Waals surface area contributed by atoms with Crippen molar-refractivity contribution in [2.24, 2.45) is 5.92 Å². The van der Waals surface area contributed by atoms with Gasteiger partial charge in [-0.05, 0) is 54.3 Å². The fourth-order valence-electron chi connectivity index (χ4n) is 3.28. The van der Waals surface area contributed by atoms with Crippen LogP contribution in [0.2, 0.25) is 5.02 Å². The van der Waals surface area contributed by atoms with Crippen molar-refractivity contribution in [3.8, 4) is 0 Å². The summed E-state index contributed by atoms with van der Waals surface area (Å²) >= 11 is 5.85. The van der Waals surface area contributed by atoms with Crippen LogP contribution in [-0.2, 0) is 26.2 Å². The predicted molar refractivity (Wildman–Crippen MR) is 130 cm³/mol. The molecular weight excluding hydrogens is 481 g/mol. The summed E-state index contributed by atoms with van der Waals surface area (Å²) in [6, 6.07) is 10.4. The molecule has 2 rings (SSSR count). The van der Waals surface area contributed by atoms with Crippen LogP contribution in [0.25, 0.3) is 0 Å². The van der Waals surface area contributed by atoms with E-state index in [1.165, 1.54) is 60.5 Å². The monoisotopic (exact) mass is 511 g/mol. The van der Waals surface area contributed by atoms with Gasteiger partial charge in [0.25, 0.3) is 0 Å². The number of likely N-dealkylation sites (N-methyl/N-ethyl adjacent to an activating group) is 1. The van der Waals surface area contributed by atoms with E-state index in [2.05, 4.69) is 5.32 Å². The molecule has 0 spiro atoms. The van der Waals surface area contributed by atoms with Crippen LogP contribution in [0.1, 0.15) is 32.8 Å². The summed E-state index contributed by atoms with van der Waals surface area (Å²) in [6.45, 7) is 5.69. The minimum atomic E-state index is -3.96. The van der Waals surface area contributed by atoms with E-state index in [0.717, 1.165) is 4.31 Å². The SMILES string of the molecule is CCC(C(=O)NCC(C)C)N(Cc1ccc(F)cc1)C(=O)CN(C)S(=O)(=O)c1ccc(Cl)cc1. The average molecular weight is 512 g/mol. The molecule has 186 valence electrons. The molecule has 1 unspecified atom stereocenters. The van der Waals surface area contributed by atoms with Crippen molar-refractivity contribution >= 4 is 33.4 Å². The number of nitrogens with one attached hydrogen (secondary N) is 1. The summed E-state index contributed by atoms with van der Waals surface area (Å²) in [5, 5.41) is 3.23. The maximum absolute atomic E-state index is 13.4. The summed E-state index contributed by atoms with van der Waals surface area (Å²) in [7, 11) is -2.66. The second-order valence-corrected chi connectivity index (χ2v) is 10.9. The Morgan fingerprint density at radius 2 is 1.65 bits per heavy atom. The molecule has 1 atom stereocenters. The van der Waals surface area contributed by atoms with Crippen molar-refractivity contribution in [1.82, 2.24) is 14.5 Å². The van der Waals surface area contributed by atoms with E-state index in [1.807, 2.05) is 13.8 Å². The Balaban J connectivity index is 2.30. The smallest absolute Gasteiger partial charge is 0.243 e. The van der Waals surface area contributed by atoms with Gasteiger partial charge in [0.15, 0.2) is 0 Å². The number of sulfonamides is 1. The van der Waals surface area contributed by atoms with Gasteiger partial charge >= 0.3 is 0 Å². The zero-order chi connectivity index (χ0) is 25.5. The molecule has 7 nitrogen and oxygen atoms in total. The Hall–Kier alpha value is -2.49. The van der Waals surface area contributed by atoms with Gasteiger partial charge in [-0.3, -0.25) is 9.59 Å². The third-order valence-electron chi connectivity index (χ3n) is 5.22. The summed E-state index contributed by atoms with van der Waals surface area (Å²) in [6.07, 6.45) is 0.324. The molecular formula is C24H31ClFN3O4S. The molecule has 0 fully saturated rings. The van der Waals surface area contributed by atoms with E-state index in [9.17, 15) is 22.4 Å². The average Bonchev–Trinajstić information content (AvgIpc) is 2.79. The molecule has 2 aromatic carbocycles. The second-order valence-electron chi connectivity index (χ2n) is 8.43. The highest BCUT2D eigenvalue weighted by molar-refractivity contribution is 7.89. The Morgan fingerprint density at radius 1 is 1.06 bits per heavy atom. The first-order valence-corrected chi connectivity index (χ1v) is 12.8. The van der Waals surface area contributed by atoms with Crippen molar-refractivity contribution in [3.05, 3.63) is 64.9 Å². The first-order chi connectivity index (χ1) is 15.9. The summed E-state index contributed by atoms with van der Waals surface area (Å²) in [5.74, 6) is -1.07. The number of halogens is 2. The minimum absolute atomic E-state index is 0.000924. The van der Waals surface area contributed by atoms with Crippen molar-refractivity contribution < 1.29 is 22.4 Å². The minimum Gasteiger partial charge on any atom is -0.354 e. The highest BCUT2D eigenvalue weighted by Crippen LogP contribution is 2.19. The summed E-state index contributed by atoms with van der Waals surface area (Å²) < 4.78 is 40.2. The first kappa shape index (κ1) is 27.8. The third kappa shape index (κ3) is 7.51. The lowest BCUT2D eigenvalue weighted by molar-refractivity contribution is -0.141. The quantitative estimate of drug-likeness (QED) is 0.498. The number of carbonyl (C=O) groups excluding carboxylic acids is 2. The van der Waals surface area contributed by atoms with Gasteiger partial charge in [0.05, 0.1) is 11.4 Å². The maximum atomic E-state index is 13.4. The van der Waals surface area contributed by atoms with Gasteiger partial charge < -0.3 is 10.2 Å². The van der Waals surface area contributed by atoms with Crippen molar-refractivity contribution in [2.75, 3.05) is 20.1 Å². The van der Waals surface area contributed by atoms with E-state index in [0.29, 0.717) is 23.6 Å². The zero-order valence-corrected chi connectivity index (χ0v) is 21.4. The number of rotatable bonds is 11. The summed E-state index contributed by atoms with van der Waals surface area (Å²) in [5.41, 5.74) is 0.619. The van der Waals surface area contributed by atoms with Crippen LogP contribution in [0, 0.1) is 11.7 Å². The molecule has 0 bridgehead atoms. The molecule has 2 amide bonds. The Kier molecular flexibility index (Phi) is 10.0. The maximum Gasteiger partial charge on any atom is 0.243 e. The first-order valence-electron chi connectivity index (χ1n) is 11.0. The molecule has 0 radical (unpaired) electrons. The van der Waals surface area contributed by atoms with Gasteiger partial charge in [-0.1, -0.05) is 44.5 Å². The number of hydrogen-bond donors (Lipinski definition) is 1. The van der Waals surface area contributed by atoms with E-state index in [4.69, 9.17) is 11.6 Å². The van der Waals surface area contributed by atoms with E-state index in [-0.39, 0.29) is 23.3 Å². The van der Waals surface area contributed by atoms with Crippen LogP contribution < -0.4 is 5.32 Å². The van der Waals surface area contributed by atoms with Crippen molar-refractivity contribution in [1.29, 1.82) is 0 Å². The fraction of sp³-hybridized carbons (Fsp3) is 0.417. The standard InChI is InChI=1S/C24H31ClFN3O4S/c1-5-22(24(31)27-14-17(2)3)29(15-18-6-10-20(26)11-7-18)23(30)16-28(4)34(32,33)21-12-8-19(25)9-13-21/h6-13,17,22H,5,14-16H2,1-4H3,(H,27,31). The largest absolute Gasteiger partial charge is 0.354 e. The van der Waals surface area contributed by atoms with Crippen LogP contribution in [0.3, 0.4) is 0 Å². The van der Waals surface area contributed by atoms with Crippen LogP contribution in [0.15, 0.2) is 53.4 Å². The lowest BCUT2D eigenvalue weighted by Gasteiger charge is -2.32. The number of amides is 2. The Bertz CT molecular complexity index is 1080. The number of hydrogen-bond acceptors (Lipinski definition) is 4. The highest BCUT2D eigenvalue weighted by Gasteiger charge is 2.31. The van der Waals surface area contributed by atoms with Crippen LogP contribution in [-0.4, -0.2) is 55.6 Å². The zero-order valence-electron chi connectivity index (χ0n) is 19.8. The van der Waals surface area contributed by atoms with Gasteiger partial charge in [-0.25, -0.2) is 12.8 Å². The van der Waals surface area contributed by atoms with Crippen LogP contribution >= 0.6 is 11.6 Å². The third-order valence-corrected chi connectivity index (χ3v) is 7.29. The number of carbonyl (C=O) groups is 2. The molecule has 0 saturated heterocycles. The van der Waals surface area contributed by atoms with Gasteiger partial charge in [0, 0.05) is 25.2 Å². The molecule has 10 heteroatoms. The normalized spacial score (nSPS) is 12.6. The lowest BCUT2D eigenvalue weighted by atomic mass is 10.1. The van der Waals surface area contributed by atoms with E-state index in [1.54, 1.807) is 6.92 Å². The fourth-order valence-corrected chi connectivity index (χ4v) is 4.53. The van der Waals surface area contributed by atoms with Gasteiger partial charge in [-0.2, -0.15) is 4.31 Å². The molecule has 34 heavy (non-hydrogen) atoms. The topological polar surface area (TPSA) is 86.8 Å². The molecule has 0 aliphatic carbocycles. The molecule has 0 heterocycles. The number of benzene rings is 2. The van der Waals surface area contributed by atoms with Crippen LogP contribution in [0.5, 0.6) is 0 Å². The number of nitrogens with zero attached hydrogens (tertiary/aromatic N) is 2. The Morgan fingerprint density at radius 3 is 2.18 bits per heavy atom. The summed E-state index contributed by atoms with van der Waals surface area (Å²) in [4.78, 5) is 27.6. The van der Waals surface area contributed by atoms with Crippen molar-refractivity contribution in [2.45, 2.75) is 44.7 Å². The van der Waals surface area contributed by atoms with Crippen molar-refractivity contribution in [3.63, 3.8) is 0 Å².